The molecule has 0 radical (unpaired) electrons. The molecule has 0 aromatic heterocycles. The SMILES string of the molecule is C=CC#N.C=CC(=O)OCC.C=CC(=O)OCCCC.C=CC(N)=O. The van der Waals surface area contributed by atoms with Gasteiger partial charge in [-0.05, 0) is 19.4 Å². The number of nitrogens with two attached hydrogens (primary N) is 1. The van der Waals surface area contributed by atoms with Crippen molar-refractivity contribution in [3.63, 3.8) is 0 Å². The number of rotatable bonds is 7. The number of hydrogen-bond acceptors (Lipinski definition) is 6. The molecule has 0 bridgehead atoms. The van der Waals surface area contributed by atoms with Crippen LogP contribution in [0.25, 0.3) is 0 Å². The van der Waals surface area contributed by atoms with Gasteiger partial charge < -0.3 is 15.2 Å². The van der Waals surface area contributed by atoms with Crippen molar-refractivity contribution in [2.45, 2.75) is 26.7 Å². The number of ether oxygens (including phenoxy) is 2. The van der Waals surface area contributed by atoms with Gasteiger partial charge in [0.25, 0.3) is 0 Å². The second-order valence-electron chi connectivity index (χ2n) is 3.62. The van der Waals surface area contributed by atoms with E-state index in [1.54, 1.807) is 13.0 Å². The van der Waals surface area contributed by atoms with E-state index < -0.39 is 5.91 Å². The molecule has 140 valence electrons. The summed E-state index contributed by atoms with van der Waals surface area (Å²) in [6, 6.07) is 1.69. The quantitative estimate of drug-likeness (QED) is 0.325. The maximum absolute atomic E-state index is 10.3. The summed E-state index contributed by atoms with van der Waals surface area (Å²) in [7, 11) is 0. The topological polar surface area (TPSA) is 119 Å². The maximum Gasteiger partial charge on any atom is 0.330 e. The summed E-state index contributed by atoms with van der Waals surface area (Å²) in [5.74, 6) is -1.17. The summed E-state index contributed by atoms with van der Waals surface area (Å²) in [6.45, 7) is 17.4. The first kappa shape index (κ1) is 29.8. The monoisotopic (exact) mass is 352 g/mol. The van der Waals surface area contributed by atoms with Gasteiger partial charge in [0.05, 0.1) is 19.3 Å². The fourth-order valence-corrected chi connectivity index (χ4v) is 0.577. The molecule has 25 heavy (non-hydrogen) atoms. The summed E-state index contributed by atoms with van der Waals surface area (Å²) < 4.78 is 9.11. The number of carbonyl (C=O) groups excluding carboxylic acids is 3. The van der Waals surface area contributed by atoms with E-state index in [0.29, 0.717) is 13.2 Å². The Kier molecular flexibility index (Phi) is 34.5. The van der Waals surface area contributed by atoms with E-state index in [0.717, 1.165) is 25.0 Å². The molecule has 0 saturated carbocycles. The Morgan fingerprint density at radius 1 is 1.00 bits per heavy atom. The third-order valence-electron chi connectivity index (χ3n) is 1.65. The molecule has 0 heterocycles. The lowest BCUT2D eigenvalue weighted by atomic mass is 10.4. The van der Waals surface area contributed by atoms with Gasteiger partial charge in [0, 0.05) is 18.2 Å². The summed E-state index contributed by atoms with van der Waals surface area (Å²) in [4.78, 5) is 29.9. The first-order valence-corrected chi connectivity index (χ1v) is 7.31. The van der Waals surface area contributed by atoms with Crippen molar-refractivity contribution < 1.29 is 23.9 Å². The summed E-state index contributed by atoms with van der Waals surface area (Å²) in [5.41, 5.74) is 4.53. The van der Waals surface area contributed by atoms with Crippen LogP contribution in [-0.2, 0) is 23.9 Å². The van der Waals surface area contributed by atoms with E-state index in [2.05, 4.69) is 41.5 Å². The van der Waals surface area contributed by atoms with Gasteiger partial charge in [-0.15, -0.1) is 0 Å². The molecule has 1 amide bonds. The van der Waals surface area contributed by atoms with E-state index >= 15 is 0 Å². The molecule has 0 unspecified atom stereocenters. The van der Waals surface area contributed by atoms with Crippen LogP contribution in [-0.4, -0.2) is 31.1 Å². The lowest BCUT2D eigenvalue weighted by Crippen LogP contribution is -2.04. The minimum atomic E-state index is -0.481. The number of nitrogens with zero attached hydrogens (tertiary/aromatic N) is 1. The number of hydrogen-bond donors (Lipinski definition) is 1. The van der Waals surface area contributed by atoms with Crippen molar-refractivity contribution in [1.29, 1.82) is 5.26 Å². The second-order valence-corrected chi connectivity index (χ2v) is 3.62. The number of esters is 2. The zero-order valence-corrected chi connectivity index (χ0v) is 15.0. The highest BCUT2D eigenvalue weighted by atomic mass is 16.5. The van der Waals surface area contributed by atoms with Crippen LogP contribution in [0.5, 0.6) is 0 Å². The molecule has 0 spiro atoms. The zero-order valence-electron chi connectivity index (χ0n) is 15.0. The molecule has 0 aromatic rings. The summed E-state index contributed by atoms with van der Waals surface area (Å²) in [6.07, 6.45) is 6.53. The Morgan fingerprint density at radius 2 is 1.40 bits per heavy atom. The van der Waals surface area contributed by atoms with Gasteiger partial charge in [-0.2, -0.15) is 5.26 Å². The maximum atomic E-state index is 10.3. The first-order chi connectivity index (χ1) is 11.8. The van der Waals surface area contributed by atoms with E-state index in [4.69, 9.17) is 5.26 Å². The average molecular weight is 352 g/mol. The third-order valence-corrected chi connectivity index (χ3v) is 1.65. The van der Waals surface area contributed by atoms with Crippen LogP contribution < -0.4 is 5.73 Å². The van der Waals surface area contributed by atoms with Crippen molar-refractivity contribution in [3.05, 3.63) is 50.6 Å². The lowest BCUT2D eigenvalue weighted by Gasteiger charge is -1.97. The Morgan fingerprint density at radius 3 is 1.60 bits per heavy atom. The first-order valence-electron chi connectivity index (χ1n) is 7.31. The van der Waals surface area contributed by atoms with E-state index in [-0.39, 0.29) is 11.9 Å². The highest BCUT2D eigenvalue weighted by Crippen LogP contribution is 1.88. The van der Waals surface area contributed by atoms with Crippen molar-refractivity contribution >= 4 is 17.8 Å². The third kappa shape index (κ3) is 52.8. The van der Waals surface area contributed by atoms with Gasteiger partial charge in [-0.3, -0.25) is 4.79 Å². The van der Waals surface area contributed by atoms with Crippen LogP contribution in [0, 0.1) is 11.3 Å². The molecule has 7 nitrogen and oxygen atoms in total. The normalized spacial score (nSPS) is 7.08. The average Bonchev–Trinajstić information content (AvgIpc) is 2.63. The summed E-state index contributed by atoms with van der Waals surface area (Å²) in [5, 5.41) is 7.51. The van der Waals surface area contributed by atoms with Crippen molar-refractivity contribution in [2.24, 2.45) is 5.73 Å². The zero-order chi connectivity index (χ0) is 20.5. The van der Waals surface area contributed by atoms with E-state index in [1.807, 2.05) is 6.92 Å². The smallest absolute Gasteiger partial charge is 0.330 e. The molecule has 0 aliphatic carbocycles. The van der Waals surface area contributed by atoms with Crippen LogP contribution >= 0.6 is 0 Å². The van der Waals surface area contributed by atoms with Gasteiger partial charge >= 0.3 is 11.9 Å². The predicted molar refractivity (Wildman–Crippen MR) is 98.1 cm³/mol. The number of carbonyl (C=O) groups is 3. The minimum absolute atomic E-state index is 0.330. The Balaban J connectivity index is -0.000000123. The van der Waals surface area contributed by atoms with Gasteiger partial charge in [-0.1, -0.05) is 39.7 Å². The highest BCUT2D eigenvalue weighted by Gasteiger charge is 1.91. The van der Waals surface area contributed by atoms with Crippen LogP contribution in [0.1, 0.15) is 26.7 Å². The molecule has 0 aliphatic rings. The Labute approximate surface area is 150 Å². The standard InChI is InChI=1S/C7H12O2.C5H8O2.C3H5NO.C3H3N/c1-3-5-6-9-7(8)4-2;1-3-5(6)7-4-2;1-2-3(4)5;1-2-3-4/h4H,2-3,5-6H2,1H3;3H,1,4H2,2H3;2H,1H2,(H2,4,5);2H,1H2. The van der Waals surface area contributed by atoms with Crippen LogP contribution in [0.2, 0.25) is 0 Å². The van der Waals surface area contributed by atoms with Crippen molar-refractivity contribution in [3.8, 4) is 6.07 Å². The fourth-order valence-electron chi connectivity index (χ4n) is 0.577. The minimum Gasteiger partial charge on any atom is -0.463 e. The van der Waals surface area contributed by atoms with Gasteiger partial charge in [0.1, 0.15) is 0 Å². The van der Waals surface area contributed by atoms with Crippen LogP contribution in [0.3, 0.4) is 0 Å². The molecule has 2 N–H and O–H groups in total. The molecular formula is C18H28N2O5. The predicted octanol–water partition coefficient (Wildman–Crippen LogP) is 2.60. The number of nitriles is 1. The van der Waals surface area contributed by atoms with Gasteiger partial charge in [0.2, 0.25) is 5.91 Å². The molecule has 0 atom stereocenters. The molecule has 0 aromatic carbocycles. The van der Waals surface area contributed by atoms with E-state index in [1.165, 1.54) is 12.2 Å². The summed E-state index contributed by atoms with van der Waals surface area (Å²) >= 11 is 0. The molecule has 7 heteroatoms. The van der Waals surface area contributed by atoms with E-state index in [9.17, 15) is 14.4 Å². The Hall–Kier alpha value is -3.14. The van der Waals surface area contributed by atoms with Gasteiger partial charge in [-0.25, -0.2) is 9.59 Å². The molecule has 0 saturated heterocycles. The van der Waals surface area contributed by atoms with Crippen LogP contribution in [0.15, 0.2) is 50.6 Å². The number of primary amides is 1. The fraction of sp³-hybridized carbons (Fsp3) is 0.333. The largest absolute Gasteiger partial charge is 0.463 e. The van der Waals surface area contributed by atoms with Crippen LogP contribution in [0.4, 0.5) is 0 Å². The molecule has 0 fully saturated rings. The van der Waals surface area contributed by atoms with Crippen molar-refractivity contribution in [2.75, 3.05) is 13.2 Å². The molecule has 0 aliphatic heterocycles. The number of allylic oxidation sites excluding steroid dienone is 1. The number of amides is 1. The second kappa shape index (κ2) is 28.9. The van der Waals surface area contributed by atoms with Gasteiger partial charge in [0.15, 0.2) is 0 Å². The molecular weight excluding hydrogens is 324 g/mol. The Bertz CT molecular complexity index is 451. The molecule has 0 rings (SSSR count). The van der Waals surface area contributed by atoms with Crippen molar-refractivity contribution in [1.82, 2.24) is 0 Å². The highest BCUT2D eigenvalue weighted by molar-refractivity contribution is 5.85. The lowest BCUT2D eigenvalue weighted by molar-refractivity contribution is -0.138. The number of unbranched alkanes of at least 4 members (excludes halogenated alkanes) is 1.